The van der Waals surface area contributed by atoms with Crippen molar-refractivity contribution in [2.24, 2.45) is 5.92 Å². The Morgan fingerprint density at radius 1 is 1.10 bits per heavy atom. The van der Waals surface area contributed by atoms with E-state index in [0.29, 0.717) is 18.0 Å². The predicted octanol–water partition coefficient (Wildman–Crippen LogP) is 4.25. The molecule has 21 heavy (non-hydrogen) atoms. The Morgan fingerprint density at radius 3 is 2.71 bits per heavy atom. The average Bonchev–Trinajstić information content (AvgIpc) is 2.53. The van der Waals surface area contributed by atoms with Crippen molar-refractivity contribution in [1.29, 1.82) is 0 Å². The zero-order valence-corrected chi connectivity index (χ0v) is 13.0. The van der Waals surface area contributed by atoms with Gasteiger partial charge in [0, 0.05) is 23.3 Å². The molecule has 1 heterocycles. The van der Waals surface area contributed by atoms with E-state index in [0.717, 1.165) is 17.8 Å². The van der Waals surface area contributed by atoms with Crippen LogP contribution in [0, 0.1) is 18.7 Å². The zero-order chi connectivity index (χ0) is 14.7. The van der Waals surface area contributed by atoms with Crippen LogP contribution in [-0.2, 0) is 0 Å². The summed E-state index contributed by atoms with van der Waals surface area (Å²) in [4.78, 5) is 0. The predicted molar refractivity (Wildman–Crippen MR) is 86.1 cm³/mol. The van der Waals surface area contributed by atoms with Crippen LogP contribution in [0.1, 0.15) is 50.5 Å². The maximum absolute atomic E-state index is 13.7. The molecule has 1 aromatic carbocycles. The number of halogens is 1. The second-order valence-electron chi connectivity index (χ2n) is 6.67. The number of benzene rings is 1. The summed E-state index contributed by atoms with van der Waals surface area (Å²) in [7, 11) is 0. The van der Waals surface area contributed by atoms with Gasteiger partial charge in [-0.1, -0.05) is 25.3 Å². The van der Waals surface area contributed by atoms with Crippen LogP contribution in [0.25, 0.3) is 0 Å². The van der Waals surface area contributed by atoms with Crippen molar-refractivity contribution in [1.82, 2.24) is 5.32 Å². The molecule has 3 heteroatoms. The first-order valence-electron chi connectivity index (χ1n) is 8.51. The molecule has 0 aromatic heterocycles. The van der Waals surface area contributed by atoms with Gasteiger partial charge in [0.2, 0.25) is 0 Å². The van der Waals surface area contributed by atoms with Gasteiger partial charge < -0.3 is 10.6 Å². The molecule has 3 unspecified atom stereocenters. The normalized spacial score (nSPS) is 30.1. The first-order chi connectivity index (χ1) is 10.3. The van der Waals surface area contributed by atoms with Gasteiger partial charge in [0.05, 0.1) is 0 Å². The van der Waals surface area contributed by atoms with E-state index < -0.39 is 0 Å². The summed E-state index contributed by atoms with van der Waals surface area (Å²) in [5.41, 5.74) is 1.72. The molecule has 1 saturated heterocycles. The fourth-order valence-electron chi connectivity index (χ4n) is 4.03. The highest BCUT2D eigenvalue weighted by molar-refractivity contribution is 5.51. The van der Waals surface area contributed by atoms with Crippen molar-refractivity contribution >= 4 is 5.69 Å². The van der Waals surface area contributed by atoms with Crippen LogP contribution in [0.2, 0.25) is 0 Å². The lowest BCUT2D eigenvalue weighted by atomic mass is 9.77. The number of anilines is 1. The molecule has 0 bridgehead atoms. The molecule has 0 spiro atoms. The first-order valence-corrected chi connectivity index (χ1v) is 8.51. The lowest BCUT2D eigenvalue weighted by molar-refractivity contribution is 0.217. The van der Waals surface area contributed by atoms with E-state index in [4.69, 9.17) is 0 Å². The summed E-state index contributed by atoms with van der Waals surface area (Å²) in [6, 6.07) is 6.49. The van der Waals surface area contributed by atoms with Gasteiger partial charge in [0.25, 0.3) is 0 Å². The topological polar surface area (TPSA) is 24.1 Å². The van der Waals surface area contributed by atoms with Crippen LogP contribution >= 0.6 is 0 Å². The lowest BCUT2D eigenvalue weighted by Gasteiger charge is -2.40. The van der Waals surface area contributed by atoms with Crippen LogP contribution in [0.4, 0.5) is 10.1 Å². The summed E-state index contributed by atoms with van der Waals surface area (Å²) in [6.07, 6.45) is 9.08. The number of hydrogen-bond donors (Lipinski definition) is 2. The van der Waals surface area contributed by atoms with Crippen LogP contribution in [-0.4, -0.2) is 18.6 Å². The molecule has 2 aliphatic rings. The van der Waals surface area contributed by atoms with E-state index in [-0.39, 0.29) is 5.82 Å². The van der Waals surface area contributed by atoms with Gasteiger partial charge >= 0.3 is 0 Å². The van der Waals surface area contributed by atoms with Gasteiger partial charge in [-0.25, -0.2) is 4.39 Å². The standard InChI is InChI=1S/C18H27FN2/c1-13-15(19)8-6-11-16(13)21-18-10-3-2-7-14(18)17-9-4-5-12-20-17/h6,8,11,14,17-18,20-21H,2-5,7,9-10,12H2,1H3. The minimum atomic E-state index is -0.108. The van der Waals surface area contributed by atoms with Gasteiger partial charge in [-0.15, -0.1) is 0 Å². The number of piperidine rings is 1. The van der Waals surface area contributed by atoms with E-state index in [2.05, 4.69) is 10.6 Å². The molecule has 1 saturated carbocycles. The molecule has 1 aliphatic heterocycles. The molecule has 116 valence electrons. The monoisotopic (exact) mass is 290 g/mol. The van der Waals surface area contributed by atoms with E-state index in [1.807, 2.05) is 13.0 Å². The smallest absolute Gasteiger partial charge is 0.128 e. The number of rotatable bonds is 3. The molecule has 1 aromatic rings. The van der Waals surface area contributed by atoms with Crippen molar-refractivity contribution in [3.05, 3.63) is 29.6 Å². The highest BCUT2D eigenvalue weighted by atomic mass is 19.1. The van der Waals surface area contributed by atoms with Crippen molar-refractivity contribution in [3.63, 3.8) is 0 Å². The van der Waals surface area contributed by atoms with Crippen molar-refractivity contribution in [2.45, 2.75) is 64.0 Å². The Balaban J connectivity index is 1.73. The second-order valence-corrected chi connectivity index (χ2v) is 6.67. The van der Waals surface area contributed by atoms with E-state index >= 15 is 0 Å². The van der Waals surface area contributed by atoms with E-state index in [1.165, 1.54) is 44.9 Å². The van der Waals surface area contributed by atoms with Gasteiger partial charge in [0.1, 0.15) is 5.82 Å². The van der Waals surface area contributed by atoms with Gasteiger partial charge in [-0.3, -0.25) is 0 Å². The molecule has 3 atom stereocenters. The van der Waals surface area contributed by atoms with Crippen LogP contribution < -0.4 is 10.6 Å². The molecule has 3 rings (SSSR count). The van der Waals surface area contributed by atoms with Crippen LogP contribution in [0.15, 0.2) is 18.2 Å². The summed E-state index contributed by atoms with van der Waals surface area (Å²) in [6.45, 7) is 3.03. The minimum absolute atomic E-state index is 0.108. The molecule has 2 nitrogen and oxygen atoms in total. The van der Waals surface area contributed by atoms with Crippen molar-refractivity contribution in [3.8, 4) is 0 Å². The molecular formula is C18H27FN2. The lowest BCUT2D eigenvalue weighted by Crippen LogP contribution is -2.48. The summed E-state index contributed by atoms with van der Waals surface area (Å²) in [5.74, 6) is 0.574. The Kier molecular flexibility index (Phi) is 4.79. The third-order valence-corrected chi connectivity index (χ3v) is 5.29. The highest BCUT2D eigenvalue weighted by Gasteiger charge is 2.32. The Morgan fingerprint density at radius 2 is 1.90 bits per heavy atom. The Hall–Kier alpha value is -1.09. The summed E-state index contributed by atoms with van der Waals surface area (Å²) in [5, 5.41) is 7.37. The Bertz CT molecular complexity index is 468. The molecular weight excluding hydrogens is 263 g/mol. The van der Waals surface area contributed by atoms with E-state index in [1.54, 1.807) is 12.1 Å². The number of hydrogen-bond acceptors (Lipinski definition) is 2. The minimum Gasteiger partial charge on any atom is -0.382 e. The van der Waals surface area contributed by atoms with Gasteiger partial charge in [-0.2, -0.15) is 0 Å². The number of nitrogens with one attached hydrogen (secondary N) is 2. The highest BCUT2D eigenvalue weighted by Crippen LogP contribution is 2.33. The molecule has 2 fully saturated rings. The maximum atomic E-state index is 13.7. The van der Waals surface area contributed by atoms with Crippen molar-refractivity contribution in [2.75, 3.05) is 11.9 Å². The zero-order valence-electron chi connectivity index (χ0n) is 13.0. The quantitative estimate of drug-likeness (QED) is 0.869. The Labute approximate surface area is 127 Å². The second kappa shape index (κ2) is 6.78. The average molecular weight is 290 g/mol. The molecule has 0 amide bonds. The third kappa shape index (κ3) is 3.39. The molecule has 2 N–H and O–H groups in total. The fourth-order valence-corrected chi connectivity index (χ4v) is 4.03. The third-order valence-electron chi connectivity index (χ3n) is 5.29. The van der Waals surface area contributed by atoms with Crippen LogP contribution in [0.5, 0.6) is 0 Å². The van der Waals surface area contributed by atoms with Gasteiger partial charge in [-0.05, 0) is 57.2 Å². The fraction of sp³-hybridized carbons (Fsp3) is 0.667. The maximum Gasteiger partial charge on any atom is 0.128 e. The molecule has 1 aliphatic carbocycles. The largest absolute Gasteiger partial charge is 0.382 e. The van der Waals surface area contributed by atoms with Gasteiger partial charge in [0.15, 0.2) is 0 Å². The first kappa shape index (κ1) is 14.8. The van der Waals surface area contributed by atoms with Crippen molar-refractivity contribution < 1.29 is 4.39 Å². The molecule has 0 radical (unpaired) electrons. The van der Waals surface area contributed by atoms with E-state index in [9.17, 15) is 4.39 Å². The van der Waals surface area contributed by atoms with Crippen LogP contribution in [0.3, 0.4) is 0 Å². The summed E-state index contributed by atoms with van der Waals surface area (Å²) >= 11 is 0. The SMILES string of the molecule is Cc1c(F)cccc1NC1CCCCC1C1CCCCN1. The summed E-state index contributed by atoms with van der Waals surface area (Å²) < 4.78 is 13.7.